The standard InChI is InChI=1S/C10H15NO3/c1-6-5-11(10(14)8(6)3)7(2)4-9(12)13/h7H,4-5H2,1-3H3,(H,12,13). The van der Waals surface area contributed by atoms with Crippen LogP contribution in [0.25, 0.3) is 0 Å². The minimum absolute atomic E-state index is 0.00625. The van der Waals surface area contributed by atoms with Crippen molar-refractivity contribution in [3.05, 3.63) is 11.1 Å². The molecule has 4 nitrogen and oxygen atoms in total. The summed E-state index contributed by atoms with van der Waals surface area (Å²) in [6.07, 6.45) is 0.00625. The third kappa shape index (κ3) is 1.95. The molecule has 0 bridgehead atoms. The second-order valence-electron chi connectivity index (χ2n) is 3.79. The summed E-state index contributed by atoms with van der Waals surface area (Å²) in [5.41, 5.74) is 1.79. The van der Waals surface area contributed by atoms with Crippen LogP contribution in [0.5, 0.6) is 0 Å². The predicted molar refractivity (Wildman–Crippen MR) is 51.8 cm³/mol. The Morgan fingerprint density at radius 3 is 2.50 bits per heavy atom. The fourth-order valence-corrected chi connectivity index (χ4v) is 1.56. The van der Waals surface area contributed by atoms with E-state index >= 15 is 0 Å². The molecule has 0 aromatic carbocycles. The van der Waals surface area contributed by atoms with Crippen LogP contribution in [0.2, 0.25) is 0 Å². The summed E-state index contributed by atoms with van der Waals surface area (Å²) >= 11 is 0. The maximum absolute atomic E-state index is 11.6. The lowest BCUT2D eigenvalue weighted by molar-refractivity contribution is -0.139. The van der Waals surface area contributed by atoms with Gasteiger partial charge in [0.1, 0.15) is 0 Å². The first kappa shape index (κ1) is 10.8. The highest BCUT2D eigenvalue weighted by Gasteiger charge is 2.29. The zero-order valence-corrected chi connectivity index (χ0v) is 8.70. The molecule has 0 fully saturated rings. The normalized spacial score (nSPS) is 19.1. The summed E-state index contributed by atoms with van der Waals surface area (Å²) in [5, 5.41) is 8.61. The van der Waals surface area contributed by atoms with E-state index in [2.05, 4.69) is 0 Å². The molecule has 78 valence electrons. The van der Waals surface area contributed by atoms with Crippen molar-refractivity contribution in [2.75, 3.05) is 6.54 Å². The molecule has 0 aromatic heterocycles. The van der Waals surface area contributed by atoms with E-state index in [0.717, 1.165) is 11.1 Å². The second kappa shape index (κ2) is 3.82. The van der Waals surface area contributed by atoms with E-state index in [1.807, 2.05) is 6.92 Å². The van der Waals surface area contributed by atoms with Crippen LogP contribution in [0.4, 0.5) is 0 Å². The van der Waals surface area contributed by atoms with Crippen LogP contribution in [-0.4, -0.2) is 34.5 Å². The van der Waals surface area contributed by atoms with Crippen molar-refractivity contribution in [3.8, 4) is 0 Å². The van der Waals surface area contributed by atoms with Crippen LogP contribution in [-0.2, 0) is 9.59 Å². The first-order valence-electron chi connectivity index (χ1n) is 4.62. The van der Waals surface area contributed by atoms with E-state index in [-0.39, 0.29) is 18.4 Å². The van der Waals surface area contributed by atoms with Crippen molar-refractivity contribution < 1.29 is 14.7 Å². The SMILES string of the molecule is CC1=C(C)C(=O)N(C(C)CC(=O)O)C1. The van der Waals surface area contributed by atoms with Gasteiger partial charge in [0.2, 0.25) is 5.91 Å². The van der Waals surface area contributed by atoms with Crippen LogP contribution in [0.3, 0.4) is 0 Å². The Balaban J connectivity index is 2.66. The number of nitrogens with zero attached hydrogens (tertiary/aromatic N) is 1. The Hall–Kier alpha value is -1.32. The average molecular weight is 197 g/mol. The third-order valence-electron chi connectivity index (χ3n) is 2.63. The number of hydrogen-bond donors (Lipinski definition) is 1. The fourth-order valence-electron chi connectivity index (χ4n) is 1.56. The first-order valence-corrected chi connectivity index (χ1v) is 4.62. The van der Waals surface area contributed by atoms with Gasteiger partial charge in [-0.15, -0.1) is 0 Å². The van der Waals surface area contributed by atoms with Gasteiger partial charge in [-0.1, -0.05) is 0 Å². The molecule has 1 amide bonds. The van der Waals surface area contributed by atoms with Crippen LogP contribution in [0.1, 0.15) is 27.2 Å². The lowest BCUT2D eigenvalue weighted by Gasteiger charge is -2.23. The van der Waals surface area contributed by atoms with Crippen LogP contribution >= 0.6 is 0 Å². The highest BCUT2D eigenvalue weighted by Crippen LogP contribution is 2.21. The maximum Gasteiger partial charge on any atom is 0.305 e. The van der Waals surface area contributed by atoms with Gasteiger partial charge in [-0.05, 0) is 26.3 Å². The molecular formula is C10H15NO3. The molecule has 0 radical (unpaired) electrons. The van der Waals surface area contributed by atoms with Gasteiger partial charge in [0.05, 0.1) is 6.42 Å². The highest BCUT2D eigenvalue weighted by atomic mass is 16.4. The zero-order valence-electron chi connectivity index (χ0n) is 8.70. The monoisotopic (exact) mass is 197 g/mol. The Kier molecular flexibility index (Phi) is 2.93. The number of carboxylic acids is 1. The van der Waals surface area contributed by atoms with Crippen molar-refractivity contribution in [2.45, 2.75) is 33.2 Å². The topological polar surface area (TPSA) is 57.6 Å². The summed E-state index contributed by atoms with van der Waals surface area (Å²) in [6, 6.07) is -0.229. The van der Waals surface area contributed by atoms with E-state index in [1.54, 1.807) is 18.7 Å². The van der Waals surface area contributed by atoms with Gasteiger partial charge in [0, 0.05) is 18.2 Å². The predicted octanol–water partition coefficient (Wildman–Crippen LogP) is 1.03. The number of carboxylic acid groups (broad SMARTS) is 1. The van der Waals surface area contributed by atoms with Crippen molar-refractivity contribution in [3.63, 3.8) is 0 Å². The Morgan fingerprint density at radius 1 is 1.57 bits per heavy atom. The lowest BCUT2D eigenvalue weighted by atomic mass is 10.2. The van der Waals surface area contributed by atoms with Gasteiger partial charge in [-0.2, -0.15) is 0 Å². The molecule has 4 heteroatoms. The van der Waals surface area contributed by atoms with Gasteiger partial charge in [-0.3, -0.25) is 9.59 Å². The summed E-state index contributed by atoms with van der Waals surface area (Å²) < 4.78 is 0. The number of rotatable bonds is 3. The fraction of sp³-hybridized carbons (Fsp3) is 0.600. The largest absolute Gasteiger partial charge is 0.481 e. The smallest absolute Gasteiger partial charge is 0.305 e. The molecule has 14 heavy (non-hydrogen) atoms. The molecule has 0 saturated heterocycles. The maximum atomic E-state index is 11.6. The third-order valence-corrected chi connectivity index (χ3v) is 2.63. The van der Waals surface area contributed by atoms with E-state index in [0.29, 0.717) is 6.54 Å². The molecule has 1 N–H and O–H groups in total. The number of carbonyl (C=O) groups is 2. The Bertz CT molecular complexity index is 306. The summed E-state index contributed by atoms with van der Waals surface area (Å²) in [7, 11) is 0. The van der Waals surface area contributed by atoms with Crippen molar-refractivity contribution in [1.29, 1.82) is 0 Å². The zero-order chi connectivity index (χ0) is 10.9. The Morgan fingerprint density at radius 2 is 2.14 bits per heavy atom. The van der Waals surface area contributed by atoms with E-state index in [9.17, 15) is 9.59 Å². The van der Waals surface area contributed by atoms with Crippen LogP contribution in [0, 0.1) is 0 Å². The number of hydrogen-bond acceptors (Lipinski definition) is 2. The molecule has 1 unspecified atom stereocenters. The van der Waals surface area contributed by atoms with Crippen molar-refractivity contribution in [2.24, 2.45) is 0 Å². The molecule has 1 atom stereocenters. The number of aliphatic carboxylic acids is 1. The molecule has 1 aliphatic heterocycles. The van der Waals surface area contributed by atoms with E-state index in [4.69, 9.17) is 5.11 Å². The van der Waals surface area contributed by atoms with Gasteiger partial charge in [0.15, 0.2) is 0 Å². The quantitative estimate of drug-likeness (QED) is 0.735. The van der Waals surface area contributed by atoms with E-state index in [1.165, 1.54) is 0 Å². The van der Waals surface area contributed by atoms with E-state index < -0.39 is 5.97 Å². The second-order valence-corrected chi connectivity index (χ2v) is 3.79. The molecule has 0 spiro atoms. The lowest BCUT2D eigenvalue weighted by Crippen LogP contribution is -2.37. The summed E-state index contributed by atoms with van der Waals surface area (Å²) in [4.78, 5) is 23.7. The average Bonchev–Trinajstić information content (AvgIpc) is 2.32. The van der Waals surface area contributed by atoms with Crippen LogP contribution < -0.4 is 0 Å². The Labute approximate surface area is 83.2 Å². The van der Waals surface area contributed by atoms with Crippen molar-refractivity contribution >= 4 is 11.9 Å². The molecule has 0 aliphatic carbocycles. The minimum Gasteiger partial charge on any atom is -0.481 e. The summed E-state index contributed by atoms with van der Waals surface area (Å²) in [5.74, 6) is -0.899. The van der Waals surface area contributed by atoms with Crippen LogP contribution in [0.15, 0.2) is 11.1 Å². The minimum atomic E-state index is -0.868. The molecule has 1 aliphatic rings. The van der Waals surface area contributed by atoms with Gasteiger partial charge >= 0.3 is 5.97 Å². The van der Waals surface area contributed by atoms with Crippen molar-refractivity contribution in [1.82, 2.24) is 4.90 Å². The molecular weight excluding hydrogens is 182 g/mol. The molecule has 1 rings (SSSR count). The highest BCUT2D eigenvalue weighted by molar-refractivity contribution is 5.96. The number of amides is 1. The molecule has 1 heterocycles. The summed E-state index contributed by atoms with van der Waals surface area (Å²) in [6.45, 7) is 6.02. The van der Waals surface area contributed by atoms with Gasteiger partial charge in [0.25, 0.3) is 0 Å². The molecule has 0 saturated carbocycles. The molecule has 0 aromatic rings. The first-order chi connectivity index (χ1) is 6.43. The number of carbonyl (C=O) groups excluding carboxylic acids is 1. The van der Waals surface area contributed by atoms with Gasteiger partial charge < -0.3 is 10.0 Å². The van der Waals surface area contributed by atoms with Gasteiger partial charge in [-0.25, -0.2) is 0 Å².